The predicted molar refractivity (Wildman–Crippen MR) is 112 cm³/mol. The second-order valence-electron chi connectivity index (χ2n) is 7.18. The van der Waals surface area contributed by atoms with Crippen molar-refractivity contribution in [3.05, 3.63) is 58.1 Å². The first kappa shape index (κ1) is 20.8. The molecule has 0 aliphatic carbocycles. The van der Waals surface area contributed by atoms with Gasteiger partial charge in [-0.3, -0.25) is 4.79 Å². The molecule has 0 unspecified atom stereocenters. The van der Waals surface area contributed by atoms with Gasteiger partial charge in [-0.2, -0.15) is 4.31 Å². The summed E-state index contributed by atoms with van der Waals surface area (Å²) in [5, 5.41) is 3.01. The summed E-state index contributed by atoms with van der Waals surface area (Å²) in [5.74, 6) is -0.439. The van der Waals surface area contributed by atoms with E-state index < -0.39 is 15.9 Å². The first-order valence-corrected chi connectivity index (χ1v) is 10.9. The fraction of sp³-hybridized carbons (Fsp3) is 0.350. The number of hydrogen-bond acceptors (Lipinski definition) is 4. The number of benzene rings is 2. The zero-order valence-electron chi connectivity index (χ0n) is 16.2. The lowest BCUT2D eigenvalue weighted by atomic mass is 10.1. The van der Waals surface area contributed by atoms with Crippen LogP contribution in [-0.2, 0) is 10.0 Å². The molecule has 3 rings (SSSR count). The van der Waals surface area contributed by atoms with Crippen LogP contribution in [0.5, 0.6) is 0 Å². The maximum absolute atomic E-state index is 13.0. The van der Waals surface area contributed by atoms with Gasteiger partial charge >= 0.3 is 0 Å². The largest absolute Gasteiger partial charge is 0.322 e. The van der Waals surface area contributed by atoms with Crippen LogP contribution in [0.25, 0.3) is 0 Å². The molecule has 0 saturated carbocycles. The third-order valence-electron chi connectivity index (χ3n) is 4.76. The molecule has 1 heterocycles. The van der Waals surface area contributed by atoms with E-state index in [1.165, 1.54) is 22.5 Å². The maximum Gasteiger partial charge on any atom is 0.257 e. The van der Waals surface area contributed by atoms with Gasteiger partial charge < -0.3 is 10.2 Å². The molecule has 2 aromatic rings. The van der Waals surface area contributed by atoms with E-state index in [1.807, 2.05) is 39.1 Å². The van der Waals surface area contributed by atoms with E-state index in [4.69, 9.17) is 11.6 Å². The smallest absolute Gasteiger partial charge is 0.257 e. The van der Waals surface area contributed by atoms with Crippen molar-refractivity contribution >= 4 is 33.2 Å². The Morgan fingerprint density at radius 1 is 1.00 bits per heavy atom. The van der Waals surface area contributed by atoms with Gasteiger partial charge in [-0.05, 0) is 62.4 Å². The minimum Gasteiger partial charge on any atom is -0.322 e. The van der Waals surface area contributed by atoms with Crippen molar-refractivity contribution in [2.75, 3.05) is 38.5 Å². The SMILES string of the molecule is Cc1cc(C)cc(NC(=O)c2cc(S(=O)(=O)N3CCN(C)CC3)ccc2Cl)c1. The van der Waals surface area contributed by atoms with E-state index in [2.05, 4.69) is 10.2 Å². The average molecular weight is 422 g/mol. The van der Waals surface area contributed by atoms with Crippen LogP contribution < -0.4 is 5.32 Å². The first-order valence-electron chi connectivity index (χ1n) is 9.05. The molecule has 0 bridgehead atoms. The number of carbonyl (C=O) groups excluding carboxylic acids is 1. The summed E-state index contributed by atoms with van der Waals surface area (Å²) in [6.45, 7) is 6.08. The first-order chi connectivity index (χ1) is 13.2. The molecule has 1 fully saturated rings. The number of amides is 1. The van der Waals surface area contributed by atoms with Crippen LogP contribution in [0, 0.1) is 13.8 Å². The van der Waals surface area contributed by atoms with Crippen LogP contribution in [0.1, 0.15) is 21.5 Å². The topological polar surface area (TPSA) is 69.7 Å². The lowest BCUT2D eigenvalue weighted by Gasteiger charge is -2.31. The number of nitrogens with zero attached hydrogens (tertiary/aromatic N) is 2. The summed E-state index contributed by atoms with van der Waals surface area (Å²) in [6, 6.07) is 9.97. The second kappa shape index (κ2) is 8.21. The van der Waals surface area contributed by atoms with Crippen molar-refractivity contribution in [1.29, 1.82) is 0 Å². The highest BCUT2D eigenvalue weighted by atomic mass is 35.5. The van der Waals surface area contributed by atoms with Crippen molar-refractivity contribution in [3.63, 3.8) is 0 Å². The van der Waals surface area contributed by atoms with Crippen LogP contribution >= 0.6 is 11.6 Å². The fourth-order valence-electron chi connectivity index (χ4n) is 3.26. The molecule has 1 N–H and O–H groups in total. The third-order valence-corrected chi connectivity index (χ3v) is 6.99. The van der Waals surface area contributed by atoms with Crippen LogP contribution in [-0.4, -0.2) is 56.8 Å². The standard InChI is InChI=1S/C20H24ClN3O3S/c1-14-10-15(2)12-16(11-14)22-20(25)18-13-17(4-5-19(18)21)28(26,27)24-8-6-23(3)7-9-24/h4-5,10-13H,6-9H2,1-3H3,(H,22,25). The Kier molecular flexibility index (Phi) is 6.09. The van der Waals surface area contributed by atoms with Gasteiger partial charge in [0.25, 0.3) is 5.91 Å². The number of hydrogen-bond donors (Lipinski definition) is 1. The van der Waals surface area contributed by atoms with Gasteiger partial charge in [0.1, 0.15) is 0 Å². The number of piperazine rings is 1. The zero-order valence-corrected chi connectivity index (χ0v) is 17.8. The van der Waals surface area contributed by atoms with Crippen molar-refractivity contribution in [1.82, 2.24) is 9.21 Å². The van der Waals surface area contributed by atoms with E-state index >= 15 is 0 Å². The van der Waals surface area contributed by atoms with Gasteiger partial charge in [-0.25, -0.2) is 8.42 Å². The predicted octanol–water partition coefficient (Wildman–Crippen LogP) is 3.15. The van der Waals surface area contributed by atoms with Crippen LogP contribution in [0.4, 0.5) is 5.69 Å². The van der Waals surface area contributed by atoms with Crippen molar-refractivity contribution in [2.45, 2.75) is 18.7 Å². The van der Waals surface area contributed by atoms with Crippen molar-refractivity contribution < 1.29 is 13.2 Å². The fourth-order valence-corrected chi connectivity index (χ4v) is 4.91. The number of halogens is 1. The van der Waals surface area contributed by atoms with Crippen LogP contribution in [0.15, 0.2) is 41.3 Å². The van der Waals surface area contributed by atoms with E-state index in [-0.39, 0.29) is 15.5 Å². The normalized spacial score (nSPS) is 16.1. The third kappa shape index (κ3) is 4.55. The summed E-state index contributed by atoms with van der Waals surface area (Å²) in [7, 11) is -1.72. The molecule has 28 heavy (non-hydrogen) atoms. The highest BCUT2D eigenvalue weighted by molar-refractivity contribution is 7.89. The van der Waals surface area contributed by atoms with E-state index in [0.29, 0.717) is 31.9 Å². The number of sulfonamides is 1. The Hall–Kier alpha value is -1.93. The monoisotopic (exact) mass is 421 g/mol. The number of anilines is 1. The summed E-state index contributed by atoms with van der Waals surface area (Å²) in [5.41, 5.74) is 2.82. The highest BCUT2D eigenvalue weighted by Gasteiger charge is 2.28. The molecule has 1 aliphatic rings. The van der Waals surface area contributed by atoms with Crippen molar-refractivity contribution in [2.24, 2.45) is 0 Å². The summed E-state index contributed by atoms with van der Waals surface area (Å²) >= 11 is 6.20. The second-order valence-corrected chi connectivity index (χ2v) is 9.52. The number of rotatable bonds is 4. The molecule has 8 heteroatoms. The Labute approximate surface area is 171 Å². The summed E-state index contributed by atoms with van der Waals surface area (Å²) in [4.78, 5) is 14.9. The zero-order chi connectivity index (χ0) is 20.5. The maximum atomic E-state index is 13.0. The molecule has 0 spiro atoms. The van der Waals surface area contributed by atoms with E-state index in [9.17, 15) is 13.2 Å². The number of likely N-dealkylation sites (N-methyl/N-ethyl adjacent to an activating group) is 1. The minimum absolute atomic E-state index is 0.0759. The molecule has 1 aliphatic heterocycles. The van der Waals surface area contributed by atoms with E-state index in [1.54, 1.807) is 0 Å². The molecule has 6 nitrogen and oxygen atoms in total. The molecular weight excluding hydrogens is 398 g/mol. The molecule has 0 aromatic heterocycles. The van der Waals surface area contributed by atoms with Crippen molar-refractivity contribution in [3.8, 4) is 0 Å². The molecular formula is C20H24ClN3O3S. The van der Waals surface area contributed by atoms with E-state index in [0.717, 1.165) is 11.1 Å². The summed E-state index contributed by atoms with van der Waals surface area (Å²) < 4.78 is 27.4. The minimum atomic E-state index is -3.68. The summed E-state index contributed by atoms with van der Waals surface area (Å²) in [6.07, 6.45) is 0. The average Bonchev–Trinajstić information content (AvgIpc) is 2.61. The number of nitrogens with one attached hydrogen (secondary N) is 1. The highest BCUT2D eigenvalue weighted by Crippen LogP contribution is 2.25. The Bertz CT molecular complexity index is 980. The molecule has 2 aromatic carbocycles. The molecule has 0 atom stereocenters. The van der Waals surface area contributed by atoms with Gasteiger partial charge in [0.15, 0.2) is 0 Å². The van der Waals surface area contributed by atoms with Gasteiger partial charge in [-0.15, -0.1) is 0 Å². The lowest BCUT2D eigenvalue weighted by molar-refractivity contribution is 0.102. The Morgan fingerprint density at radius 2 is 1.61 bits per heavy atom. The molecule has 150 valence electrons. The van der Waals surface area contributed by atoms with Crippen LogP contribution in [0.2, 0.25) is 5.02 Å². The molecule has 1 amide bonds. The number of carbonyl (C=O) groups is 1. The Balaban J connectivity index is 1.87. The van der Waals surface area contributed by atoms with Gasteiger partial charge in [0, 0.05) is 31.9 Å². The Morgan fingerprint density at radius 3 is 2.21 bits per heavy atom. The lowest BCUT2D eigenvalue weighted by Crippen LogP contribution is -2.47. The quantitative estimate of drug-likeness (QED) is 0.823. The van der Waals surface area contributed by atoms with Crippen LogP contribution in [0.3, 0.4) is 0 Å². The van der Waals surface area contributed by atoms with Gasteiger partial charge in [0.2, 0.25) is 10.0 Å². The molecule has 0 radical (unpaired) electrons. The van der Waals surface area contributed by atoms with Gasteiger partial charge in [0.05, 0.1) is 15.5 Å². The van der Waals surface area contributed by atoms with Gasteiger partial charge in [-0.1, -0.05) is 17.7 Å². The number of aryl methyl sites for hydroxylation is 2. The molecule has 1 saturated heterocycles.